The molecule has 0 unspecified atom stereocenters. The van der Waals surface area contributed by atoms with Gasteiger partial charge in [0.15, 0.2) is 0 Å². The van der Waals surface area contributed by atoms with Crippen molar-refractivity contribution in [2.45, 2.75) is 64.8 Å². The van der Waals surface area contributed by atoms with Crippen LogP contribution in [0.15, 0.2) is 0 Å². The molecule has 22 heavy (non-hydrogen) atoms. The monoisotopic (exact) mass is 312 g/mol. The van der Waals surface area contributed by atoms with E-state index in [9.17, 15) is 14.4 Å². The predicted molar refractivity (Wildman–Crippen MR) is 83.1 cm³/mol. The van der Waals surface area contributed by atoms with E-state index in [1.54, 1.807) is 11.8 Å². The van der Waals surface area contributed by atoms with Gasteiger partial charge in [0.1, 0.15) is 0 Å². The summed E-state index contributed by atoms with van der Waals surface area (Å²) in [6.45, 7) is 5.43. The molecular weight excluding hydrogens is 284 g/mol. The fourth-order valence-electron chi connectivity index (χ4n) is 2.51. The van der Waals surface area contributed by atoms with E-state index in [1.165, 1.54) is 0 Å². The van der Waals surface area contributed by atoms with Gasteiger partial charge in [-0.2, -0.15) is 0 Å². The number of carbonyl (C=O) groups excluding carboxylic acids is 3. The number of rotatable bonds is 8. The van der Waals surface area contributed by atoms with Crippen LogP contribution in [-0.4, -0.2) is 48.4 Å². The van der Waals surface area contributed by atoms with E-state index >= 15 is 0 Å². The molecular formula is C16H28N2O4. The second kappa shape index (κ2) is 10.2. The van der Waals surface area contributed by atoms with E-state index in [0.29, 0.717) is 26.1 Å². The molecule has 1 N–H and O–H groups in total. The first-order valence-electron chi connectivity index (χ1n) is 8.29. The van der Waals surface area contributed by atoms with E-state index in [4.69, 9.17) is 4.74 Å². The molecule has 1 rings (SSSR count). The fraction of sp³-hybridized carbons (Fsp3) is 0.812. The number of carbonyl (C=O) groups is 3. The van der Waals surface area contributed by atoms with Crippen molar-refractivity contribution in [1.29, 1.82) is 0 Å². The summed E-state index contributed by atoms with van der Waals surface area (Å²) in [5.41, 5.74) is 0. The third kappa shape index (κ3) is 6.91. The Labute approximate surface area is 132 Å². The third-order valence-electron chi connectivity index (χ3n) is 3.82. The number of hydrogen-bond acceptors (Lipinski definition) is 4. The molecule has 0 radical (unpaired) electrons. The Balaban J connectivity index is 2.22. The van der Waals surface area contributed by atoms with Crippen LogP contribution >= 0.6 is 0 Å². The van der Waals surface area contributed by atoms with Crippen LogP contribution in [0.25, 0.3) is 0 Å². The molecule has 6 heteroatoms. The van der Waals surface area contributed by atoms with Crippen molar-refractivity contribution in [2.75, 3.05) is 19.7 Å². The maximum absolute atomic E-state index is 12.0. The van der Waals surface area contributed by atoms with Crippen molar-refractivity contribution in [3.05, 3.63) is 0 Å². The summed E-state index contributed by atoms with van der Waals surface area (Å²) in [4.78, 5) is 36.7. The molecule has 6 nitrogen and oxygen atoms in total. The van der Waals surface area contributed by atoms with Gasteiger partial charge >= 0.3 is 5.97 Å². The standard InChI is InChI=1S/C16H28N2O4/c1-3-5-6-14(19)17-13-9-11-18(12-10-13)15(20)7-8-16(21)22-4-2/h13H,3-12H2,1-2H3,(H,17,19). The minimum absolute atomic E-state index is 0.0104. The number of hydrogen-bond donors (Lipinski definition) is 1. The van der Waals surface area contributed by atoms with Gasteiger partial charge in [0.25, 0.3) is 0 Å². The van der Waals surface area contributed by atoms with Crippen LogP contribution in [0, 0.1) is 0 Å². The molecule has 1 saturated heterocycles. The summed E-state index contributed by atoms with van der Waals surface area (Å²) < 4.78 is 4.82. The number of ether oxygens (including phenoxy) is 1. The lowest BCUT2D eigenvalue weighted by Crippen LogP contribution is -2.46. The van der Waals surface area contributed by atoms with Gasteiger partial charge in [0, 0.05) is 32.0 Å². The highest BCUT2D eigenvalue weighted by molar-refractivity contribution is 5.81. The van der Waals surface area contributed by atoms with E-state index in [1.807, 2.05) is 0 Å². The van der Waals surface area contributed by atoms with Crippen LogP contribution in [0.2, 0.25) is 0 Å². The molecule has 0 bridgehead atoms. The van der Waals surface area contributed by atoms with E-state index in [2.05, 4.69) is 12.2 Å². The number of unbranched alkanes of at least 4 members (excludes halogenated alkanes) is 1. The maximum Gasteiger partial charge on any atom is 0.306 e. The van der Waals surface area contributed by atoms with Crippen molar-refractivity contribution in [2.24, 2.45) is 0 Å². The Bertz CT molecular complexity index is 376. The number of nitrogens with zero attached hydrogens (tertiary/aromatic N) is 1. The van der Waals surface area contributed by atoms with E-state index < -0.39 is 0 Å². The molecule has 0 aromatic heterocycles. The highest BCUT2D eigenvalue weighted by Crippen LogP contribution is 2.13. The summed E-state index contributed by atoms with van der Waals surface area (Å²) in [5, 5.41) is 3.03. The third-order valence-corrected chi connectivity index (χ3v) is 3.82. The Hall–Kier alpha value is -1.59. The summed E-state index contributed by atoms with van der Waals surface area (Å²) >= 11 is 0. The second-order valence-corrected chi connectivity index (χ2v) is 5.63. The smallest absolute Gasteiger partial charge is 0.306 e. The number of esters is 1. The lowest BCUT2D eigenvalue weighted by atomic mass is 10.0. The number of likely N-dealkylation sites (tertiary alicyclic amines) is 1. The van der Waals surface area contributed by atoms with Crippen molar-refractivity contribution in [1.82, 2.24) is 10.2 Å². The van der Waals surface area contributed by atoms with Gasteiger partial charge in [-0.05, 0) is 26.2 Å². The van der Waals surface area contributed by atoms with Crippen molar-refractivity contribution >= 4 is 17.8 Å². The molecule has 0 atom stereocenters. The average molecular weight is 312 g/mol. The molecule has 0 spiro atoms. The minimum atomic E-state index is -0.325. The summed E-state index contributed by atoms with van der Waals surface area (Å²) in [7, 11) is 0. The SMILES string of the molecule is CCCCC(=O)NC1CCN(C(=O)CCC(=O)OCC)CC1. The largest absolute Gasteiger partial charge is 0.466 e. The normalized spacial score (nSPS) is 15.5. The van der Waals surface area contributed by atoms with Gasteiger partial charge in [-0.3, -0.25) is 14.4 Å². The average Bonchev–Trinajstić information content (AvgIpc) is 2.51. The topological polar surface area (TPSA) is 75.7 Å². The van der Waals surface area contributed by atoms with Gasteiger partial charge in [0.05, 0.1) is 13.0 Å². The molecule has 0 aromatic rings. The first-order valence-corrected chi connectivity index (χ1v) is 8.29. The molecule has 2 amide bonds. The fourth-order valence-corrected chi connectivity index (χ4v) is 2.51. The number of piperidine rings is 1. The van der Waals surface area contributed by atoms with Crippen LogP contribution < -0.4 is 5.32 Å². The van der Waals surface area contributed by atoms with Gasteiger partial charge in [0.2, 0.25) is 11.8 Å². The second-order valence-electron chi connectivity index (χ2n) is 5.63. The van der Waals surface area contributed by atoms with Crippen LogP contribution in [-0.2, 0) is 19.1 Å². The first kappa shape index (κ1) is 18.5. The Morgan fingerprint density at radius 3 is 2.36 bits per heavy atom. The Morgan fingerprint density at radius 2 is 1.77 bits per heavy atom. The van der Waals surface area contributed by atoms with Crippen LogP contribution in [0.1, 0.15) is 58.8 Å². The lowest BCUT2D eigenvalue weighted by molar-refractivity contribution is -0.146. The summed E-state index contributed by atoms with van der Waals surface area (Å²) in [6, 6.07) is 0.165. The zero-order valence-electron chi connectivity index (χ0n) is 13.7. The van der Waals surface area contributed by atoms with Crippen molar-refractivity contribution in [3.63, 3.8) is 0 Å². The van der Waals surface area contributed by atoms with Crippen LogP contribution in [0.3, 0.4) is 0 Å². The molecule has 0 saturated carbocycles. The molecule has 1 aliphatic rings. The molecule has 0 aromatic carbocycles. The number of amides is 2. The lowest BCUT2D eigenvalue weighted by Gasteiger charge is -2.32. The summed E-state index contributed by atoms with van der Waals surface area (Å²) in [6.07, 6.45) is 4.41. The van der Waals surface area contributed by atoms with E-state index in [0.717, 1.165) is 25.7 Å². The zero-order valence-corrected chi connectivity index (χ0v) is 13.7. The first-order chi connectivity index (χ1) is 10.6. The molecule has 0 aliphatic carbocycles. The highest BCUT2D eigenvalue weighted by atomic mass is 16.5. The Morgan fingerprint density at radius 1 is 1.09 bits per heavy atom. The molecule has 1 fully saturated rings. The predicted octanol–water partition coefficient (Wildman–Crippen LogP) is 1.63. The quantitative estimate of drug-likeness (QED) is 0.691. The molecule has 126 valence electrons. The molecule has 1 heterocycles. The Kier molecular flexibility index (Phi) is 8.55. The maximum atomic E-state index is 12.0. The van der Waals surface area contributed by atoms with Crippen LogP contribution in [0.5, 0.6) is 0 Å². The minimum Gasteiger partial charge on any atom is -0.466 e. The highest BCUT2D eigenvalue weighted by Gasteiger charge is 2.23. The molecule has 1 aliphatic heterocycles. The van der Waals surface area contributed by atoms with Crippen molar-refractivity contribution < 1.29 is 19.1 Å². The van der Waals surface area contributed by atoms with Gasteiger partial charge < -0.3 is 15.0 Å². The van der Waals surface area contributed by atoms with Gasteiger partial charge in [-0.15, -0.1) is 0 Å². The van der Waals surface area contributed by atoms with Gasteiger partial charge in [-0.25, -0.2) is 0 Å². The number of nitrogens with one attached hydrogen (secondary N) is 1. The summed E-state index contributed by atoms with van der Waals surface area (Å²) in [5.74, 6) is -0.230. The van der Waals surface area contributed by atoms with Gasteiger partial charge in [-0.1, -0.05) is 13.3 Å². The van der Waals surface area contributed by atoms with Crippen molar-refractivity contribution in [3.8, 4) is 0 Å². The van der Waals surface area contributed by atoms with E-state index in [-0.39, 0.29) is 36.7 Å². The zero-order chi connectivity index (χ0) is 16.4. The van der Waals surface area contributed by atoms with Crippen LogP contribution in [0.4, 0.5) is 0 Å².